The predicted octanol–water partition coefficient (Wildman–Crippen LogP) is 4.09. The summed E-state index contributed by atoms with van der Waals surface area (Å²) >= 11 is 0. The fourth-order valence-corrected chi connectivity index (χ4v) is 2.37. The van der Waals surface area contributed by atoms with E-state index in [1.54, 1.807) is 0 Å². The Morgan fingerprint density at radius 3 is 2.40 bits per heavy atom. The highest BCUT2D eigenvalue weighted by Gasteiger charge is 2.08. The normalized spacial score (nSPS) is 10.6. The van der Waals surface area contributed by atoms with Crippen LogP contribution in [0.4, 0.5) is 0 Å². The molecule has 0 aromatic heterocycles. The van der Waals surface area contributed by atoms with Crippen LogP contribution in [-0.2, 0) is 0 Å². The fourth-order valence-electron chi connectivity index (χ4n) is 2.37. The molecule has 0 fully saturated rings. The smallest absolute Gasteiger partial charge is 0.122 e. The van der Waals surface area contributed by atoms with E-state index in [2.05, 4.69) is 50.2 Å². The summed E-state index contributed by atoms with van der Waals surface area (Å²) in [6.07, 6.45) is 2.01. The van der Waals surface area contributed by atoms with Gasteiger partial charge in [-0.25, -0.2) is 0 Å². The van der Waals surface area contributed by atoms with E-state index in [9.17, 15) is 0 Å². The minimum atomic E-state index is 0.728. The molecule has 0 amide bonds. The van der Waals surface area contributed by atoms with Crippen LogP contribution < -0.4 is 10.5 Å². The summed E-state index contributed by atoms with van der Waals surface area (Å²) < 4.78 is 5.89. The SMILES string of the molecule is Cc1ccccc1-c1cccc(OCCCCN)c1C. The van der Waals surface area contributed by atoms with Crippen molar-refractivity contribution >= 4 is 0 Å². The number of unbranched alkanes of at least 4 members (excludes halogenated alkanes) is 1. The van der Waals surface area contributed by atoms with Gasteiger partial charge in [0.25, 0.3) is 0 Å². The molecule has 0 aliphatic heterocycles. The summed E-state index contributed by atoms with van der Waals surface area (Å²) in [5, 5.41) is 0. The summed E-state index contributed by atoms with van der Waals surface area (Å²) in [4.78, 5) is 0. The molecule has 0 heterocycles. The molecule has 2 heteroatoms. The van der Waals surface area contributed by atoms with Crippen LogP contribution in [0.25, 0.3) is 11.1 Å². The maximum absolute atomic E-state index is 5.89. The van der Waals surface area contributed by atoms with E-state index in [4.69, 9.17) is 10.5 Å². The number of ether oxygens (including phenoxy) is 1. The number of rotatable bonds is 6. The molecular formula is C18H23NO. The molecule has 0 bridgehead atoms. The molecule has 0 aliphatic rings. The van der Waals surface area contributed by atoms with Gasteiger partial charge in [0, 0.05) is 0 Å². The van der Waals surface area contributed by atoms with Gasteiger partial charge in [-0.05, 0) is 61.6 Å². The third-order valence-corrected chi connectivity index (χ3v) is 3.58. The number of nitrogens with two attached hydrogens (primary N) is 1. The van der Waals surface area contributed by atoms with Gasteiger partial charge in [0.05, 0.1) is 6.61 Å². The van der Waals surface area contributed by atoms with Gasteiger partial charge in [0.1, 0.15) is 5.75 Å². The predicted molar refractivity (Wildman–Crippen MR) is 85.1 cm³/mol. The van der Waals surface area contributed by atoms with E-state index in [1.807, 2.05) is 6.07 Å². The largest absolute Gasteiger partial charge is 0.493 e. The molecule has 20 heavy (non-hydrogen) atoms. The first-order chi connectivity index (χ1) is 9.74. The third-order valence-electron chi connectivity index (χ3n) is 3.58. The number of benzene rings is 2. The molecular weight excluding hydrogens is 246 g/mol. The van der Waals surface area contributed by atoms with Crippen LogP contribution in [0.1, 0.15) is 24.0 Å². The molecule has 0 radical (unpaired) electrons. The van der Waals surface area contributed by atoms with Crippen LogP contribution in [0.3, 0.4) is 0 Å². The maximum atomic E-state index is 5.89. The van der Waals surface area contributed by atoms with E-state index in [0.717, 1.165) is 31.7 Å². The quantitative estimate of drug-likeness (QED) is 0.802. The van der Waals surface area contributed by atoms with Gasteiger partial charge >= 0.3 is 0 Å². The van der Waals surface area contributed by atoms with Crippen molar-refractivity contribution in [2.45, 2.75) is 26.7 Å². The van der Waals surface area contributed by atoms with Gasteiger partial charge in [0.15, 0.2) is 0 Å². The van der Waals surface area contributed by atoms with Crippen molar-refractivity contribution in [3.63, 3.8) is 0 Å². The van der Waals surface area contributed by atoms with E-state index in [0.29, 0.717) is 0 Å². The first-order valence-corrected chi connectivity index (χ1v) is 7.22. The lowest BCUT2D eigenvalue weighted by Gasteiger charge is -2.14. The van der Waals surface area contributed by atoms with Gasteiger partial charge in [-0.1, -0.05) is 36.4 Å². The van der Waals surface area contributed by atoms with E-state index in [1.165, 1.54) is 22.3 Å². The van der Waals surface area contributed by atoms with E-state index < -0.39 is 0 Å². The molecule has 2 nitrogen and oxygen atoms in total. The molecule has 2 aromatic rings. The lowest BCUT2D eigenvalue weighted by atomic mass is 9.96. The molecule has 0 unspecified atom stereocenters. The zero-order valence-corrected chi connectivity index (χ0v) is 12.4. The molecule has 2 rings (SSSR count). The van der Waals surface area contributed by atoms with Crippen molar-refractivity contribution in [2.24, 2.45) is 5.73 Å². The van der Waals surface area contributed by atoms with Crippen molar-refractivity contribution in [3.05, 3.63) is 53.6 Å². The minimum Gasteiger partial charge on any atom is -0.493 e. The molecule has 0 spiro atoms. The molecule has 106 valence electrons. The first-order valence-electron chi connectivity index (χ1n) is 7.22. The highest BCUT2D eigenvalue weighted by molar-refractivity contribution is 5.72. The van der Waals surface area contributed by atoms with Crippen LogP contribution in [-0.4, -0.2) is 13.2 Å². The van der Waals surface area contributed by atoms with Crippen molar-refractivity contribution in [3.8, 4) is 16.9 Å². The summed E-state index contributed by atoms with van der Waals surface area (Å²) in [7, 11) is 0. The van der Waals surface area contributed by atoms with Crippen molar-refractivity contribution < 1.29 is 4.74 Å². The molecule has 2 aromatic carbocycles. The Kier molecular flexibility index (Phi) is 5.19. The second kappa shape index (κ2) is 7.11. The lowest BCUT2D eigenvalue weighted by Crippen LogP contribution is -2.04. The highest BCUT2D eigenvalue weighted by Crippen LogP contribution is 2.31. The zero-order chi connectivity index (χ0) is 14.4. The third kappa shape index (κ3) is 3.40. The molecule has 2 N–H and O–H groups in total. The van der Waals surface area contributed by atoms with Crippen molar-refractivity contribution in [2.75, 3.05) is 13.2 Å². The summed E-state index contributed by atoms with van der Waals surface area (Å²) in [5.41, 5.74) is 10.5. The highest BCUT2D eigenvalue weighted by atomic mass is 16.5. The van der Waals surface area contributed by atoms with E-state index >= 15 is 0 Å². The Balaban J connectivity index is 2.21. The fraction of sp³-hybridized carbons (Fsp3) is 0.333. The Hall–Kier alpha value is -1.80. The zero-order valence-electron chi connectivity index (χ0n) is 12.4. The van der Waals surface area contributed by atoms with Gasteiger partial charge in [0.2, 0.25) is 0 Å². The number of hydrogen-bond acceptors (Lipinski definition) is 2. The van der Waals surface area contributed by atoms with E-state index in [-0.39, 0.29) is 0 Å². The van der Waals surface area contributed by atoms with Crippen LogP contribution in [0.15, 0.2) is 42.5 Å². The lowest BCUT2D eigenvalue weighted by molar-refractivity contribution is 0.306. The first kappa shape index (κ1) is 14.6. The van der Waals surface area contributed by atoms with Gasteiger partial charge in [-0.3, -0.25) is 0 Å². The Morgan fingerprint density at radius 1 is 0.900 bits per heavy atom. The average Bonchev–Trinajstić information content (AvgIpc) is 2.46. The second-order valence-electron chi connectivity index (χ2n) is 5.09. The molecule has 0 aliphatic carbocycles. The molecule has 0 saturated heterocycles. The van der Waals surface area contributed by atoms with Gasteiger partial charge < -0.3 is 10.5 Å². The van der Waals surface area contributed by atoms with Gasteiger partial charge in [-0.2, -0.15) is 0 Å². The van der Waals surface area contributed by atoms with Crippen LogP contribution in [0.2, 0.25) is 0 Å². The summed E-state index contributed by atoms with van der Waals surface area (Å²) in [6, 6.07) is 14.7. The molecule has 0 saturated carbocycles. The number of aryl methyl sites for hydroxylation is 1. The summed E-state index contributed by atoms with van der Waals surface area (Å²) in [6.45, 7) is 5.73. The van der Waals surface area contributed by atoms with Crippen molar-refractivity contribution in [1.82, 2.24) is 0 Å². The minimum absolute atomic E-state index is 0.728. The Labute approximate surface area is 121 Å². The van der Waals surface area contributed by atoms with Crippen LogP contribution in [0.5, 0.6) is 5.75 Å². The van der Waals surface area contributed by atoms with Gasteiger partial charge in [-0.15, -0.1) is 0 Å². The monoisotopic (exact) mass is 269 g/mol. The number of hydrogen-bond donors (Lipinski definition) is 1. The average molecular weight is 269 g/mol. The van der Waals surface area contributed by atoms with Crippen LogP contribution >= 0.6 is 0 Å². The Bertz CT molecular complexity index is 563. The van der Waals surface area contributed by atoms with Crippen LogP contribution in [0, 0.1) is 13.8 Å². The molecule has 0 atom stereocenters. The standard InChI is InChI=1S/C18H23NO/c1-14-8-3-4-9-16(14)17-10-7-11-18(15(17)2)20-13-6-5-12-19/h3-4,7-11H,5-6,12-13,19H2,1-2H3. The Morgan fingerprint density at radius 2 is 1.65 bits per heavy atom. The summed E-state index contributed by atoms with van der Waals surface area (Å²) in [5.74, 6) is 0.975. The topological polar surface area (TPSA) is 35.2 Å². The maximum Gasteiger partial charge on any atom is 0.122 e. The van der Waals surface area contributed by atoms with Crippen molar-refractivity contribution in [1.29, 1.82) is 0 Å². The second-order valence-corrected chi connectivity index (χ2v) is 5.09.